The first-order valence-electron chi connectivity index (χ1n) is 12.1. The minimum absolute atomic E-state index is 0.0261. The molecule has 0 radical (unpaired) electrons. The summed E-state index contributed by atoms with van der Waals surface area (Å²) in [6.45, 7) is 3.05. The van der Waals surface area contributed by atoms with Crippen molar-refractivity contribution >= 4 is 73.9 Å². The van der Waals surface area contributed by atoms with Crippen LogP contribution in [0.3, 0.4) is 0 Å². The summed E-state index contributed by atoms with van der Waals surface area (Å²) in [6.07, 6.45) is 1.74. The van der Waals surface area contributed by atoms with E-state index in [0.29, 0.717) is 33.4 Å². The fourth-order valence-electron chi connectivity index (χ4n) is 4.59. The van der Waals surface area contributed by atoms with Crippen molar-refractivity contribution in [1.29, 1.82) is 5.41 Å². The molecule has 4 aromatic rings. The standard InChI is InChI=1S/C29H21Cl2N5O2S/c1-17-22(20-6-3-5-9-25(20)35(17)14-15-38-19-12-10-18(30)11-13-19)16-23-26(32)36-29(33-27(23)37)39-28(34-36)21-7-2-4-8-24(21)31/h2-13,16,32H,14-15H2,1H3/b23-16+,32-26?. The van der Waals surface area contributed by atoms with E-state index in [1.807, 2.05) is 61.5 Å². The van der Waals surface area contributed by atoms with Crippen LogP contribution >= 0.6 is 35.0 Å². The number of thioether (sulfide) groups is 1. The molecule has 1 amide bonds. The van der Waals surface area contributed by atoms with Gasteiger partial charge in [-0.15, -0.1) is 0 Å². The van der Waals surface area contributed by atoms with Gasteiger partial charge in [0.15, 0.2) is 5.84 Å². The van der Waals surface area contributed by atoms with Gasteiger partial charge in [-0.3, -0.25) is 10.2 Å². The van der Waals surface area contributed by atoms with Crippen LogP contribution in [0.15, 0.2) is 88.5 Å². The van der Waals surface area contributed by atoms with Crippen LogP contribution < -0.4 is 4.74 Å². The Kier molecular flexibility index (Phi) is 6.76. The summed E-state index contributed by atoms with van der Waals surface area (Å²) < 4.78 is 8.09. The van der Waals surface area contributed by atoms with Crippen molar-refractivity contribution in [3.63, 3.8) is 0 Å². The van der Waals surface area contributed by atoms with Crippen molar-refractivity contribution in [1.82, 2.24) is 9.58 Å². The lowest BCUT2D eigenvalue weighted by Crippen LogP contribution is -2.35. The Morgan fingerprint density at radius 3 is 2.56 bits per heavy atom. The lowest BCUT2D eigenvalue weighted by Gasteiger charge is -2.20. The van der Waals surface area contributed by atoms with E-state index < -0.39 is 5.91 Å². The summed E-state index contributed by atoms with van der Waals surface area (Å²) in [5.74, 6) is 0.240. The van der Waals surface area contributed by atoms with Gasteiger partial charge in [0.1, 0.15) is 17.4 Å². The molecular weight excluding hydrogens is 553 g/mol. The number of aromatic nitrogens is 1. The number of amides is 1. The van der Waals surface area contributed by atoms with Crippen LogP contribution in [0.25, 0.3) is 17.0 Å². The average molecular weight is 574 g/mol. The highest BCUT2D eigenvalue weighted by Crippen LogP contribution is 2.34. The Morgan fingerprint density at radius 2 is 1.77 bits per heavy atom. The first-order chi connectivity index (χ1) is 18.9. The largest absolute Gasteiger partial charge is 0.492 e. The summed E-state index contributed by atoms with van der Waals surface area (Å²) in [7, 11) is 0. The van der Waals surface area contributed by atoms with E-state index in [0.717, 1.165) is 33.5 Å². The molecule has 3 aromatic carbocycles. The van der Waals surface area contributed by atoms with E-state index in [9.17, 15) is 4.79 Å². The number of aliphatic imine (C=N–C) groups is 1. The SMILES string of the molecule is Cc1c(/C=C2\C(=N)N3N=C(c4ccccc4Cl)SC3=NC2=O)c2ccccc2n1CCOc1ccc(Cl)cc1. The zero-order chi connectivity index (χ0) is 27.1. The molecule has 10 heteroatoms. The summed E-state index contributed by atoms with van der Waals surface area (Å²) in [5.41, 5.74) is 3.72. The molecular formula is C29H21Cl2N5O2S. The zero-order valence-corrected chi connectivity index (χ0v) is 23.0. The second kappa shape index (κ2) is 10.4. The number of benzene rings is 3. The number of rotatable bonds is 6. The van der Waals surface area contributed by atoms with Gasteiger partial charge in [-0.05, 0) is 61.2 Å². The molecule has 0 bridgehead atoms. The molecule has 7 nitrogen and oxygen atoms in total. The normalized spacial score (nSPS) is 16.1. The van der Waals surface area contributed by atoms with Gasteiger partial charge in [0.25, 0.3) is 5.91 Å². The lowest BCUT2D eigenvalue weighted by molar-refractivity contribution is -0.114. The van der Waals surface area contributed by atoms with E-state index >= 15 is 0 Å². The third-order valence-corrected chi connectivity index (χ3v) is 8.05. The van der Waals surface area contributed by atoms with Crippen molar-refractivity contribution in [2.45, 2.75) is 13.5 Å². The third kappa shape index (κ3) is 4.76. The lowest BCUT2D eigenvalue weighted by atomic mass is 10.1. The fraction of sp³-hybridized carbons (Fsp3) is 0.103. The topological polar surface area (TPSA) is 83.0 Å². The smallest absolute Gasteiger partial charge is 0.283 e. The number of carbonyl (C=O) groups excluding carboxylic acids is 1. The Morgan fingerprint density at radius 1 is 1.03 bits per heavy atom. The number of ether oxygens (including phenoxy) is 1. The van der Waals surface area contributed by atoms with Crippen LogP contribution in [-0.4, -0.2) is 38.1 Å². The molecule has 0 atom stereocenters. The average Bonchev–Trinajstić information content (AvgIpc) is 3.47. The van der Waals surface area contributed by atoms with Crippen molar-refractivity contribution in [3.05, 3.63) is 105 Å². The molecule has 2 aliphatic rings. The summed E-state index contributed by atoms with van der Waals surface area (Å²) in [6, 6.07) is 22.6. The number of hydrogen-bond donors (Lipinski definition) is 1. The van der Waals surface area contributed by atoms with Crippen molar-refractivity contribution in [3.8, 4) is 5.75 Å². The predicted octanol–water partition coefficient (Wildman–Crippen LogP) is 7.00. The van der Waals surface area contributed by atoms with Gasteiger partial charge in [-0.1, -0.05) is 59.6 Å². The van der Waals surface area contributed by atoms with Gasteiger partial charge in [-0.25, -0.2) is 0 Å². The van der Waals surface area contributed by atoms with Gasteiger partial charge in [0, 0.05) is 32.7 Å². The van der Waals surface area contributed by atoms with Gasteiger partial charge in [-0.2, -0.15) is 15.1 Å². The molecule has 0 spiro atoms. The maximum Gasteiger partial charge on any atom is 0.283 e. The minimum atomic E-state index is -0.475. The number of nitrogens with one attached hydrogen (secondary N) is 1. The Labute approximate surface area is 238 Å². The maximum absolute atomic E-state index is 13.1. The van der Waals surface area contributed by atoms with E-state index in [1.54, 1.807) is 24.3 Å². The van der Waals surface area contributed by atoms with Crippen LogP contribution in [0.2, 0.25) is 10.0 Å². The molecule has 0 saturated heterocycles. The van der Waals surface area contributed by atoms with Crippen LogP contribution in [0.1, 0.15) is 16.8 Å². The number of halogens is 2. The molecule has 1 aromatic heterocycles. The molecule has 194 valence electrons. The zero-order valence-electron chi connectivity index (χ0n) is 20.7. The van der Waals surface area contributed by atoms with Crippen LogP contribution in [0.4, 0.5) is 0 Å². The van der Waals surface area contributed by atoms with E-state index in [2.05, 4.69) is 14.7 Å². The highest BCUT2D eigenvalue weighted by Gasteiger charge is 2.36. The van der Waals surface area contributed by atoms with Crippen molar-refractivity contribution in [2.75, 3.05) is 6.61 Å². The second-order valence-electron chi connectivity index (χ2n) is 8.88. The van der Waals surface area contributed by atoms with Crippen LogP contribution in [-0.2, 0) is 11.3 Å². The van der Waals surface area contributed by atoms with Gasteiger partial charge < -0.3 is 9.30 Å². The Bertz CT molecular complexity index is 1740. The first-order valence-corrected chi connectivity index (χ1v) is 13.7. The molecule has 0 saturated carbocycles. The van der Waals surface area contributed by atoms with E-state index in [4.69, 9.17) is 33.3 Å². The van der Waals surface area contributed by atoms with Crippen molar-refractivity contribution < 1.29 is 9.53 Å². The van der Waals surface area contributed by atoms with E-state index in [1.165, 1.54) is 16.8 Å². The summed E-state index contributed by atoms with van der Waals surface area (Å²) in [4.78, 5) is 17.4. The minimum Gasteiger partial charge on any atom is -0.492 e. The van der Waals surface area contributed by atoms with Crippen LogP contribution in [0.5, 0.6) is 5.75 Å². The predicted molar refractivity (Wildman–Crippen MR) is 159 cm³/mol. The Balaban J connectivity index is 1.32. The fourth-order valence-corrected chi connectivity index (χ4v) is 5.93. The Hall–Kier alpha value is -3.85. The number of nitrogens with zero attached hydrogens (tertiary/aromatic N) is 4. The highest BCUT2D eigenvalue weighted by molar-refractivity contribution is 8.27. The number of fused-ring (bicyclic) bond motifs is 2. The maximum atomic E-state index is 13.1. The monoisotopic (exact) mass is 573 g/mol. The molecule has 39 heavy (non-hydrogen) atoms. The van der Waals surface area contributed by atoms with Gasteiger partial charge in [0.05, 0.1) is 17.1 Å². The van der Waals surface area contributed by atoms with Gasteiger partial charge >= 0.3 is 0 Å². The number of hydrazone groups is 1. The molecule has 0 unspecified atom stereocenters. The molecule has 0 aliphatic carbocycles. The highest BCUT2D eigenvalue weighted by atomic mass is 35.5. The number of para-hydroxylation sites is 1. The van der Waals surface area contributed by atoms with Crippen molar-refractivity contribution in [2.24, 2.45) is 10.1 Å². The molecule has 3 heterocycles. The summed E-state index contributed by atoms with van der Waals surface area (Å²) >= 11 is 13.6. The summed E-state index contributed by atoms with van der Waals surface area (Å²) in [5, 5.41) is 17.9. The molecule has 2 aliphatic heterocycles. The van der Waals surface area contributed by atoms with Crippen LogP contribution in [0, 0.1) is 12.3 Å². The quantitative estimate of drug-likeness (QED) is 0.251. The first kappa shape index (κ1) is 25.4. The number of amidine groups is 2. The number of hydrogen-bond acceptors (Lipinski definition) is 5. The molecule has 1 N–H and O–H groups in total. The molecule has 0 fully saturated rings. The van der Waals surface area contributed by atoms with Gasteiger partial charge in [0.2, 0.25) is 5.17 Å². The molecule has 6 rings (SSSR count). The third-order valence-electron chi connectivity index (χ3n) is 6.52. The number of carbonyl (C=O) groups is 1. The second-order valence-corrected chi connectivity index (χ2v) is 10.7. The van der Waals surface area contributed by atoms with E-state index in [-0.39, 0.29) is 11.4 Å².